The molecule has 110 valence electrons. The third-order valence-corrected chi connectivity index (χ3v) is 22.9. The standard InChI is InChI=1S/C10H32O3Si5/c1-15(10-17(5,6)11)13-18(7,8)9-14-12-16(2,3)4/h11,15H,9-10,14H2,1-8H3. The van der Waals surface area contributed by atoms with Gasteiger partial charge < -0.3 is 13.0 Å². The highest BCUT2D eigenvalue weighted by molar-refractivity contribution is 6.88. The monoisotopic (exact) mass is 340 g/mol. The molecule has 0 saturated heterocycles. The predicted molar refractivity (Wildman–Crippen MR) is 93.9 cm³/mol. The van der Waals surface area contributed by atoms with Gasteiger partial charge in [-0.15, -0.1) is 0 Å². The molecule has 0 aromatic rings. The van der Waals surface area contributed by atoms with Gasteiger partial charge in [0.1, 0.15) is 9.76 Å². The van der Waals surface area contributed by atoms with Gasteiger partial charge in [-0.1, -0.05) is 0 Å². The summed E-state index contributed by atoms with van der Waals surface area (Å²) in [6.45, 7) is 17.6. The van der Waals surface area contributed by atoms with Crippen LogP contribution in [-0.4, -0.2) is 48.6 Å². The first-order valence-electron chi connectivity index (χ1n) is 6.85. The lowest BCUT2D eigenvalue weighted by Crippen LogP contribution is -2.43. The fourth-order valence-electron chi connectivity index (χ4n) is 1.95. The van der Waals surface area contributed by atoms with Crippen molar-refractivity contribution in [3.63, 3.8) is 0 Å². The van der Waals surface area contributed by atoms with Crippen molar-refractivity contribution in [2.45, 2.75) is 63.7 Å². The van der Waals surface area contributed by atoms with Crippen LogP contribution in [0.4, 0.5) is 0 Å². The van der Waals surface area contributed by atoms with Gasteiger partial charge in [0.05, 0.1) is 0 Å². The smallest absolute Gasteiger partial charge is 0.181 e. The average Bonchev–Trinajstić information content (AvgIpc) is 1.93. The molecule has 0 aliphatic rings. The minimum absolute atomic E-state index is 0.412. The van der Waals surface area contributed by atoms with Crippen LogP contribution in [0, 0.1) is 0 Å². The molecule has 1 unspecified atom stereocenters. The van der Waals surface area contributed by atoms with Gasteiger partial charge in [-0.3, -0.25) is 0 Å². The van der Waals surface area contributed by atoms with Gasteiger partial charge in [0.25, 0.3) is 0 Å². The average molecular weight is 341 g/mol. The molecule has 0 saturated carbocycles. The van der Waals surface area contributed by atoms with E-state index in [1.165, 1.54) is 5.67 Å². The highest BCUT2D eigenvalue weighted by atomic mass is 28.4. The molecule has 0 aliphatic carbocycles. The molecule has 18 heavy (non-hydrogen) atoms. The summed E-state index contributed by atoms with van der Waals surface area (Å²) < 4.78 is 12.4. The van der Waals surface area contributed by atoms with Crippen molar-refractivity contribution in [1.82, 2.24) is 0 Å². The lowest BCUT2D eigenvalue weighted by atomic mass is 11.8. The van der Waals surface area contributed by atoms with Crippen LogP contribution < -0.4 is 0 Å². The van der Waals surface area contributed by atoms with Crippen LogP contribution in [-0.2, 0) is 8.23 Å². The van der Waals surface area contributed by atoms with Crippen LogP contribution in [0.2, 0.25) is 63.7 Å². The van der Waals surface area contributed by atoms with Crippen molar-refractivity contribution in [3.05, 3.63) is 0 Å². The van der Waals surface area contributed by atoms with Crippen LogP contribution in [0.15, 0.2) is 0 Å². The quantitative estimate of drug-likeness (QED) is 0.688. The van der Waals surface area contributed by atoms with Gasteiger partial charge >= 0.3 is 0 Å². The largest absolute Gasteiger partial charge is 0.461 e. The molecule has 0 bridgehead atoms. The highest BCUT2D eigenvalue weighted by Gasteiger charge is 2.30. The first kappa shape index (κ1) is 19.0. The molecule has 0 aromatic heterocycles. The second-order valence-corrected chi connectivity index (χ2v) is 26.5. The van der Waals surface area contributed by atoms with E-state index in [1.54, 1.807) is 0 Å². The summed E-state index contributed by atoms with van der Waals surface area (Å²) in [7, 11) is -6.40. The minimum Gasteiger partial charge on any atom is -0.461 e. The fraction of sp³-hybridized carbons (Fsp3) is 1.00. The van der Waals surface area contributed by atoms with E-state index in [9.17, 15) is 4.80 Å². The molecule has 0 rings (SSSR count). The Kier molecular flexibility index (Phi) is 7.49. The third kappa shape index (κ3) is 12.0. The molecule has 0 spiro atoms. The molecule has 0 radical (unpaired) electrons. The van der Waals surface area contributed by atoms with Crippen LogP contribution in [0.25, 0.3) is 0 Å². The van der Waals surface area contributed by atoms with E-state index in [2.05, 4.69) is 39.3 Å². The molecule has 3 nitrogen and oxygen atoms in total. The molecule has 0 fully saturated rings. The zero-order chi connectivity index (χ0) is 14.6. The highest BCUT2D eigenvalue weighted by Crippen LogP contribution is 2.17. The molecule has 1 N–H and O–H groups in total. The Hall–Kier alpha value is 0.964. The van der Waals surface area contributed by atoms with E-state index in [0.717, 1.165) is 5.67 Å². The number of rotatable bonds is 8. The first-order valence-corrected chi connectivity index (χ1v) is 20.5. The molecule has 0 amide bonds. The molecule has 8 heteroatoms. The Morgan fingerprint density at radius 1 is 1.06 bits per heavy atom. The Balaban J connectivity index is 4.07. The lowest BCUT2D eigenvalue weighted by molar-refractivity contribution is 0.540. The summed E-state index contributed by atoms with van der Waals surface area (Å²) >= 11 is 0. The molecule has 0 aromatic carbocycles. The minimum atomic E-state index is -1.94. The first-order chi connectivity index (χ1) is 7.81. The van der Waals surface area contributed by atoms with Crippen molar-refractivity contribution in [2.75, 3.05) is 0 Å². The van der Waals surface area contributed by atoms with Crippen LogP contribution >= 0.6 is 0 Å². The van der Waals surface area contributed by atoms with E-state index in [0.29, 0.717) is 0 Å². The van der Waals surface area contributed by atoms with Gasteiger partial charge in [-0.2, -0.15) is 0 Å². The van der Waals surface area contributed by atoms with Crippen molar-refractivity contribution in [3.8, 4) is 0 Å². The molecule has 0 aliphatic heterocycles. The van der Waals surface area contributed by atoms with E-state index in [-0.39, 0.29) is 0 Å². The van der Waals surface area contributed by atoms with Gasteiger partial charge in [0, 0.05) is 0 Å². The van der Waals surface area contributed by atoms with E-state index in [1.807, 2.05) is 13.1 Å². The summed E-state index contributed by atoms with van der Waals surface area (Å²) in [6, 6.07) is 0. The van der Waals surface area contributed by atoms with Crippen molar-refractivity contribution < 1.29 is 13.0 Å². The van der Waals surface area contributed by atoms with Crippen molar-refractivity contribution >= 4 is 43.8 Å². The molecule has 0 heterocycles. The Bertz CT molecular complexity index is 247. The number of hydrogen-bond donors (Lipinski definition) is 1. The Morgan fingerprint density at radius 2 is 1.56 bits per heavy atom. The van der Waals surface area contributed by atoms with E-state index < -0.39 is 43.8 Å². The fourth-order valence-corrected chi connectivity index (χ4v) is 20.3. The molecule has 1 atom stereocenters. The topological polar surface area (TPSA) is 38.7 Å². The van der Waals surface area contributed by atoms with Crippen LogP contribution in [0.3, 0.4) is 0 Å². The van der Waals surface area contributed by atoms with E-state index in [4.69, 9.17) is 8.23 Å². The summed E-state index contributed by atoms with van der Waals surface area (Å²) in [4.78, 5) is 9.97. The van der Waals surface area contributed by atoms with Crippen LogP contribution in [0.5, 0.6) is 0 Å². The zero-order valence-corrected chi connectivity index (χ0v) is 19.0. The summed E-state index contributed by atoms with van der Waals surface area (Å²) in [5, 5.41) is 0. The zero-order valence-electron chi connectivity index (χ0n) is 13.5. The van der Waals surface area contributed by atoms with Gasteiger partial charge in [-0.05, 0) is 63.7 Å². The SMILES string of the molecule is C[SiH](C[Si](C)(C)O)O[Si](C)(C)C[SiH2]O[Si](C)(C)C. The molecular weight excluding hydrogens is 309 g/mol. The number of hydrogen-bond acceptors (Lipinski definition) is 3. The van der Waals surface area contributed by atoms with Crippen molar-refractivity contribution in [2.24, 2.45) is 0 Å². The third-order valence-electron chi connectivity index (χ3n) is 2.55. The molecular formula is C10H32O3Si5. The summed E-state index contributed by atoms with van der Waals surface area (Å²) in [6.07, 6.45) is 0. The second kappa shape index (κ2) is 7.11. The maximum Gasteiger partial charge on any atom is 0.181 e. The maximum atomic E-state index is 9.97. The van der Waals surface area contributed by atoms with Crippen LogP contribution in [0.1, 0.15) is 0 Å². The van der Waals surface area contributed by atoms with Gasteiger partial charge in [0.15, 0.2) is 34.0 Å². The maximum absolute atomic E-state index is 9.97. The predicted octanol–water partition coefficient (Wildman–Crippen LogP) is 2.19. The van der Waals surface area contributed by atoms with E-state index >= 15 is 0 Å². The van der Waals surface area contributed by atoms with Gasteiger partial charge in [-0.25, -0.2) is 0 Å². The van der Waals surface area contributed by atoms with Gasteiger partial charge in [0.2, 0.25) is 0 Å². The summed E-state index contributed by atoms with van der Waals surface area (Å²) in [5.41, 5.74) is 2.18. The normalized spacial score (nSPS) is 16.5. The summed E-state index contributed by atoms with van der Waals surface area (Å²) in [5.74, 6) is 0. The Morgan fingerprint density at radius 3 is 1.94 bits per heavy atom. The lowest BCUT2D eigenvalue weighted by Gasteiger charge is -2.30. The second-order valence-electron chi connectivity index (χ2n) is 7.42. The Labute approximate surface area is 120 Å². The van der Waals surface area contributed by atoms with Crippen molar-refractivity contribution in [1.29, 1.82) is 0 Å².